The lowest BCUT2D eigenvalue weighted by molar-refractivity contribution is -0.385. The Morgan fingerprint density at radius 1 is 1.23 bits per heavy atom. The number of aromatic amines is 1. The molecule has 0 spiro atoms. The number of carbonyl (C=O) groups is 1. The van der Waals surface area contributed by atoms with Crippen LogP contribution in [0, 0.1) is 10.1 Å². The second kappa shape index (κ2) is 4.85. The highest BCUT2D eigenvalue weighted by Crippen LogP contribution is 2.31. The Bertz CT molecular complexity index is 916. The minimum absolute atomic E-state index is 0.120. The Morgan fingerprint density at radius 3 is 2.64 bits per heavy atom. The molecule has 0 fully saturated rings. The number of hydrogen-bond donors (Lipinski definition) is 3. The summed E-state index contributed by atoms with van der Waals surface area (Å²) < 4.78 is 0. The molecule has 3 rings (SSSR count). The molecule has 0 saturated heterocycles. The summed E-state index contributed by atoms with van der Waals surface area (Å²) in [4.78, 5) is 28.1. The van der Waals surface area contributed by atoms with Crippen molar-refractivity contribution in [3.63, 3.8) is 0 Å². The fraction of sp³-hybridized carbons (Fsp3) is 0. The zero-order valence-electron chi connectivity index (χ0n) is 11.0. The maximum Gasteiger partial charge on any atom is 0.335 e. The second-order valence-electron chi connectivity index (χ2n) is 4.58. The van der Waals surface area contributed by atoms with Gasteiger partial charge in [0.2, 0.25) is 0 Å². The quantitative estimate of drug-likeness (QED) is 0.503. The SMILES string of the molecule is O=C(O)c1ccc2nc(-c3ccc([N+](=O)[O-])c(O)c3)[nH]c2c1. The van der Waals surface area contributed by atoms with Gasteiger partial charge in [-0.25, -0.2) is 9.78 Å². The van der Waals surface area contributed by atoms with Crippen molar-refractivity contribution < 1.29 is 19.9 Å². The number of nitrogens with one attached hydrogen (secondary N) is 1. The third-order valence-corrected chi connectivity index (χ3v) is 3.17. The number of hydrogen-bond acceptors (Lipinski definition) is 5. The van der Waals surface area contributed by atoms with E-state index in [4.69, 9.17) is 5.11 Å². The van der Waals surface area contributed by atoms with Gasteiger partial charge < -0.3 is 15.2 Å². The van der Waals surface area contributed by atoms with E-state index in [2.05, 4.69) is 9.97 Å². The Labute approximate surface area is 122 Å². The summed E-state index contributed by atoms with van der Waals surface area (Å²) in [5.41, 5.74) is 1.25. The van der Waals surface area contributed by atoms with Crippen molar-refractivity contribution in [3.05, 3.63) is 52.1 Å². The van der Waals surface area contributed by atoms with E-state index in [1.54, 1.807) is 6.07 Å². The minimum atomic E-state index is -1.05. The molecule has 22 heavy (non-hydrogen) atoms. The first-order valence-corrected chi connectivity index (χ1v) is 6.16. The van der Waals surface area contributed by atoms with E-state index in [0.717, 1.165) is 0 Å². The van der Waals surface area contributed by atoms with E-state index in [1.165, 1.54) is 30.3 Å². The molecule has 0 atom stereocenters. The monoisotopic (exact) mass is 299 g/mol. The number of aromatic carboxylic acids is 1. The predicted molar refractivity (Wildman–Crippen MR) is 76.8 cm³/mol. The summed E-state index contributed by atoms with van der Waals surface area (Å²) in [5.74, 6) is -1.14. The van der Waals surface area contributed by atoms with Crippen LogP contribution < -0.4 is 0 Å². The van der Waals surface area contributed by atoms with Gasteiger partial charge in [0.1, 0.15) is 5.82 Å². The summed E-state index contributed by atoms with van der Waals surface area (Å²) >= 11 is 0. The van der Waals surface area contributed by atoms with E-state index < -0.39 is 22.3 Å². The van der Waals surface area contributed by atoms with Gasteiger partial charge in [0, 0.05) is 11.6 Å². The average molecular weight is 299 g/mol. The van der Waals surface area contributed by atoms with Gasteiger partial charge in [0.25, 0.3) is 0 Å². The number of nitrogens with zero attached hydrogens (tertiary/aromatic N) is 2. The number of phenolic OH excluding ortho intramolecular Hbond substituents is 1. The van der Waals surface area contributed by atoms with E-state index in [9.17, 15) is 20.0 Å². The molecule has 0 aliphatic heterocycles. The number of nitro groups is 1. The van der Waals surface area contributed by atoms with E-state index in [-0.39, 0.29) is 5.56 Å². The Morgan fingerprint density at radius 2 is 2.00 bits per heavy atom. The highest BCUT2D eigenvalue weighted by molar-refractivity contribution is 5.93. The molecule has 0 unspecified atom stereocenters. The molecular weight excluding hydrogens is 290 g/mol. The molecule has 1 heterocycles. The first-order valence-electron chi connectivity index (χ1n) is 6.16. The van der Waals surface area contributed by atoms with Crippen LogP contribution in [-0.4, -0.2) is 31.1 Å². The van der Waals surface area contributed by atoms with Gasteiger partial charge >= 0.3 is 11.7 Å². The van der Waals surface area contributed by atoms with Gasteiger partial charge in [-0.2, -0.15) is 0 Å². The van der Waals surface area contributed by atoms with Crippen LogP contribution in [0.5, 0.6) is 5.75 Å². The molecule has 0 bridgehead atoms. The Kier molecular flexibility index (Phi) is 2.99. The van der Waals surface area contributed by atoms with E-state index >= 15 is 0 Å². The highest BCUT2D eigenvalue weighted by Gasteiger charge is 2.15. The third-order valence-electron chi connectivity index (χ3n) is 3.17. The van der Waals surface area contributed by atoms with Crippen LogP contribution in [-0.2, 0) is 0 Å². The molecular formula is C14H9N3O5. The molecule has 1 aromatic heterocycles. The van der Waals surface area contributed by atoms with Gasteiger partial charge in [0.05, 0.1) is 21.5 Å². The van der Waals surface area contributed by atoms with E-state index in [1.807, 2.05) is 0 Å². The molecule has 2 aromatic carbocycles. The van der Waals surface area contributed by atoms with Crippen LogP contribution in [0.3, 0.4) is 0 Å². The molecule has 3 N–H and O–H groups in total. The Hall–Kier alpha value is -3.42. The lowest BCUT2D eigenvalue weighted by atomic mass is 10.2. The van der Waals surface area contributed by atoms with Crippen molar-refractivity contribution in [2.45, 2.75) is 0 Å². The highest BCUT2D eigenvalue weighted by atomic mass is 16.6. The number of carboxylic acids is 1. The summed E-state index contributed by atoms with van der Waals surface area (Å²) in [6, 6.07) is 8.30. The summed E-state index contributed by atoms with van der Waals surface area (Å²) in [7, 11) is 0. The lowest BCUT2D eigenvalue weighted by Crippen LogP contribution is -1.94. The zero-order chi connectivity index (χ0) is 15.9. The first-order chi connectivity index (χ1) is 10.5. The van der Waals surface area contributed by atoms with Gasteiger partial charge in [-0.1, -0.05) is 0 Å². The van der Waals surface area contributed by atoms with Crippen LogP contribution in [0.1, 0.15) is 10.4 Å². The normalized spacial score (nSPS) is 10.7. The zero-order valence-corrected chi connectivity index (χ0v) is 11.0. The van der Waals surface area contributed by atoms with Crippen molar-refractivity contribution in [3.8, 4) is 17.1 Å². The molecule has 0 amide bonds. The van der Waals surface area contributed by atoms with E-state index in [0.29, 0.717) is 22.4 Å². The van der Waals surface area contributed by atoms with Crippen LogP contribution in [0.2, 0.25) is 0 Å². The minimum Gasteiger partial charge on any atom is -0.502 e. The number of fused-ring (bicyclic) bond motifs is 1. The molecule has 8 heteroatoms. The van der Waals surface area contributed by atoms with Crippen LogP contribution in [0.25, 0.3) is 22.4 Å². The molecule has 0 aliphatic rings. The van der Waals surface area contributed by atoms with Crippen LogP contribution in [0.15, 0.2) is 36.4 Å². The van der Waals surface area contributed by atoms with Gasteiger partial charge in [-0.3, -0.25) is 10.1 Å². The molecule has 0 aliphatic carbocycles. The summed E-state index contributed by atoms with van der Waals surface area (Å²) in [6.45, 7) is 0. The third kappa shape index (κ3) is 2.22. The number of aromatic nitrogens is 2. The van der Waals surface area contributed by atoms with Crippen molar-refractivity contribution in [2.24, 2.45) is 0 Å². The van der Waals surface area contributed by atoms with Crippen molar-refractivity contribution in [2.75, 3.05) is 0 Å². The number of imidazole rings is 1. The number of nitro benzene ring substituents is 1. The number of phenols is 1. The second-order valence-corrected chi connectivity index (χ2v) is 4.58. The molecule has 3 aromatic rings. The fourth-order valence-corrected chi connectivity index (χ4v) is 2.10. The van der Waals surface area contributed by atoms with Crippen molar-refractivity contribution in [1.82, 2.24) is 9.97 Å². The van der Waals surface area contributed by atoms with Crippen LogP contribution in [0.4, 0.5) is 5.69 Å². The van der Waals surface area contributed by atoms with Gasteiger partial charge in [-0.05, 0) is 30.3 Å². The molecule has 0 saturated carbocycles. The fourth-order valence-electron chi connectivity index (χ4n) is 2.10. The largest absolute Gasteiger partial charge is 0.502 e. The predicted octanol–water partition coefficient (Wildman–Crippen LogP) is 2.54. The Balaban J connectivity index is 2.08. The van der Waals surface area contributed by atoms with Gasteiger partial charge in [-0.15, -0.1) is 0 Å². The summed E-state index contributed by atoms with van der Waals surface area (Å²) in [5, 5.41) is 29.3. The number of rotatable bonds is 3. The molecule has 0 radical (unpaired) electrons. The number of benzene rings is 2. The van der Waals surface area contributed by atoms with Crippen molar-refractivity contribution >= 4 is 22.7 Å². The number of aromatic hydroxyl groups is 1. The van der Waals surface area contributed by atoms with Crippen molar-refractivity contribution in [1.29, 1.82) is 0 Å². The van der Waals surface area contributed by atoms with Crippen LogP contribution >= 0.6 is 0 Å². The lowest BCUT2D eigenvalue weighted by Gasteiger charge is -1.99. The molecule has 8 nitrogen and oxygen atoms in total. The standard InChI is InChI=1S/C14H9N3O5/c18-12-6-7(2-4-11(12)17(21)22)13-15-9-3-1-8(14(19)20)5-10(9)16-13/h1-6,18H,(H,15,16)(H,19,20). The molecule has 110 valence electrons. The maximum atomic E-state index is 10.9. The topological polar surface area (TPSA) is 129 Å². The number of carboxylic acid groups (broad SMARTS) is 1. The average Bonchev–Trinajstić information content (AvgIpc) is 2.89. The smallest absolute Gasteiger partial charge is 0.335 e. The number of H-pyrrole nitrogens is 1. The summed E-state index contributed by atoms with van der Waals surface area (Å²) in [6.07, 6.45) is 0. The first kappa shape index (κ1) is 13.6. The van der Waals surface area contributed by atoms with Gasteiger partial charge in [0.15, 0.2) is 5.75 Å². The maximum absolute atomic E-state index is 10.9.